The van der Waals surface area contributed by atoms with Crippen LogP contribution in [0.4, 0.5) is 4.79 Å². The zero-order valence-electron chi connectivity index (χ0n) is 13.5. The second-order valence-electron chi connectivity index (χ2n) is 7.00. The van der Waals surface area contributed by atoms with Gasteiger partial charge in [0.15, 0.2) is 0 Å². The lowest BCUT2D eigenvalue weighted by Crippen LogP contribution is -2.68. The van der Waals surface area contributed by atoms with Crippen molar-refractivity contribution in [3.8, 4) is 0 Å². The van der Waals surface area contributed by atoms with Gasteiger partial charge in [0.1, 0.15) is 0 Å². The van der Waals surface area contributed by atoms with Crippen molar-refractivity contribution in [3.63, 3.8) is 0 Å². The number of benzene rings is 1. The number of ether oxygens (including phenoxy) is 1. The highest BCUT2D eigenvalue weighted by Crippen LogP contribution is 2.43. The Morgan fingerprint density at radius 2 is 1.91 bits per heavy atom. The molecule has 5 heteroatoms. The Morgan fingerprint density at radius 3 is 2.36 bits per heavy atom. The molecule has 1 aliphatic rings. The third-order valence-corrected chi connectivity index (χ3v) is 4.17. The molecule has 2 rings (SSSR count). The lowest BCUT2D eigenvalue weighted by molar-refractivity contribution is -0.141. The maximum Gasteiger partial charge on any atom is 0.408 e. The van der Waals surface area contributed by atoms with E-state index >= 15 is 0 Å². The second-order valence-corrected chi connectivity index (χ2v) is 7.00. The zero-order valence-corrected chi connectivity index (χ0v) is 13.5. The number of hydrogen-bond donors (Lipinski definition) is 2. The van der Waals surface area contributed by atoms with Crippen molar-refractivity contribution in [2.75, 3.05) is 6.61 Å². The minimum Gasteiger partial charge on any atom is -0.465 e. The van der Waals surface area contributed by atoms with Gasteiger partial charge >= 0.3 is 6.09 Å². The van der Waals surface area contributed by atoms with Crippen LogP contribution < -0.4 is 0 Å². The predicted molar refractivity (Wildman–Crippen MR) is 83.7 cm³/mol. The van der Waals surface area contributed by atoms with Crippen LogP contribution in [-0.2, 0) is 11.3 Å². The summed E-state index contributed by atoms with van der Waals surface area (Å²) in [6, 6.07) is 9.87. The van der Waals surface area contributed by atoms with Crippen molar-refractivity contribution in [3.05, 3.63) is 35.9 Å². The quantitative estimate of drug-likeness (QED) is 0.877. The molecule has 22 heavy (non-hydrogen) atoms. The Labute approximate surface area is 131 Å². The fourth-order valence-electron chi connectivity index (χ4n) is 3.28. The van der Waals surface area contributed by atoms with Crippen molar-refractivity contribution in [2.45, 2.75) is 57.4 Å². The van der Waals surface area contributed by atoms with Crippen LogP contribution in [-0.4, -0.2) is 45.0 Å². The molecular formula is C17H25NO4. The third-order valence-electron chi connectivity index (χ3n) is 4.17. The summed E-state index contributed by atoms with van der Waals surface area (Å²) >= 11 is 0. The van der Waals surface area contributed by atoms with E-state index < -0.39 is 17.2 Å². The maximum absolute atomic E-state index is 11.6. The van der Waals surface area contributed by atoms with E-state index in [1.807, 2.05) is 51.1 Å². The molecule has 0 spiro atoms. The number of aliphatic hydroxyl groups is 1. The number of hydrogen-bond acceptors (Lipinski definition) is 3. The van der Waals surface area contributed by atoms with E-state index in [0.29, 0.717) is 19.4 Å². The van der Waals surface area contributed by atoms with Crippen LogP contribution >= 0.6 is 0 Å². The van der Waals surface area contributed by atoms with Crippen LogP contribution in [0.1, 0.15) is 39.2 Å². The highest BCUT2D eigenvalue weighted by atomic mass is 16.5. The van der Waals surface area contributed by atoms with Crippen molar-refractivity contribution < 1.29 is 19.7 Å². The van der Waals surface area contributed by atoms with Gasteiger partial charge in [0, 0.05) is 5.54 Å². The van der Waals surface area contributed by atoms with Crippen molar-refractivity contribution in [1.29, 1.82) is 0 Å². The standard InChI is InChI=1S/C17H25NO4/c1-16(2,3)18(15(20)21)17(12-19)9-14(10-17)22-11-13-7-5-4-6-8-13/h4-8,14,19H,9-12H2,1-3H3,(H,20,21)/t14-,17+. The summed E-state index contributed by atoms with van der Waals surface area (Å²) in [6.45, 7) is 5.86. The first-order valence-electron chi connectivity index (χ1n) is 7.58. The summed E-state index contributed by atoms with van der Waals surface area (Å²) in [5, 5.41) is 19.3. The molecule has 122 valence electrons. The van der Waals surface area contributed by atoms with Gasteiger partial charge in [0.05, 0.1) is 24.9 Å². The van der Waals surface area contributed by atoms with Gasteiger partial charge in [-0.1, -0.05) is 30.3 Å². The first-order chi connectivity index (χ1) is 10.3. The smallest absolute Gasteiger partial charge is 0.408 e. The molecular weight excluding hydrogens is 282 g/mol. The molecule has 1 fully saturated rings. The molecule has 0 bridgehead atoms. The molecule has 1 aliphatic carbocycles. The SMILES string of the molecule is CC(C)(C)N(C(=O)O)[C@]1(CO)C[C@H](OCc2ccccc2)C1. The van der Waals surface area contributed by atoms with Gasteiger partial charge in [0.2, 0.25) is 0 Å². The molecule has 2 N–H and O–H groups in total. The zero-order chi connectivity index (χ0) is 16.4. The van der Waals surface area contributed by atoms with Crippen LogP contribution in [0.3, 0.4) is 0 Å². The van der Waals surface area contributed by atoms with E-state index in [1.54, 1.807) is 0 Å². The van der Waals surface area contributed by atoms with E-state index in [9.17, 15) is 15.0 Å². The van der Waals surface area contributed by atoms with E-state index in [4.69, 9.17) is 4.74 Å². The molecule has 0 radical (unpaired) electrons. The minimum absolute atomic E-state index is 0.0171. The molecule has 0 aliphatic heterocycles. The minimum atomic E-state index is -0.997. The molecule has 5 nitrogen and oxygen atoms in total. The summed E-state index contributed by atoms with van der Waals surface area (Å²) < 4.78 is 5.83. The molecule has 0 aromatic heterocycles. The lowest BCUT2D eigenvalue weighted by atomic mass is 9.71. The molecule has 0 unspecified atom stereocenters. The van der Waals surface area contributed by atoms with Crippen LogP contribution in [0.2, 0.25) is 0 Å². The number of aliphatic hydroxyl groups excluding tert-OH is 1. The molecule has 1 aromatic rings. The average molecular weight is 307 g/mol. The Morgan fingerprint density at radius 1 is 1.32 bits per heavy atom. The Hall–Kier alpha value is -1.59. The van der Waals surface area contributed by atoms with Crippen LogP contribution in [0.5, 0.6) is 0 Å². The first kappa shape index (κ1) is 16.8. The van der Waals surface area contributed by atoms with Crippen LogP contribution in [0.15, 0.2) is 30.3 Å². The molecule has 0 atom stereocenters. The number of nitrogens with zero attached hydrogens (tertiary/aromatic N) is 1. The molecule has 0 heterocycles. The lowest BCUT2D eigenvalue weighted by Gasteiger charge is -2.56. The van der Waals surface area contributed by atoms with Crippen molar-refractivity contribution >= 4 is 6.09 Å². The molecule has 0 saturated heterocycles. The number of rotatable bonds is 5. The van der Waals surface area contributed by atoms with Crippen molar-refractivity contribution in [1.82, 2.24) is 4.90 Å². The van der Waals surface area contributed by atoms with E-state index in [1.165, 1.54) is 4.90 Å². The van der Waals surface area contributed by atoms with Crippen LogP contribution in [0.25, 0.3) is 0 Å². The van der Waals surface area contributed by atoms with Gasteiger partial charge in [0.25, 0.3) is 0 Å². The predicted octanol–water partition coefficient (Wildman–Crippen LogP) is 2.88. The summed E-state index contributed by atoms with van der Waals surface area (Å²) in [5.41, 5.74) is -0.195. The monoisotopic (exact) mass is 307 g/mol. The van der Waals surface area contributed by atoms with E-state index in [0.717, 1.165) is 5.56 Å². The highest BCUT2D eigenvalue weighted by molar-refractivity contribution is 5.67. The van der Waals surface area contributed by atoms with Gasteiger partial charge in [-0.25, -0.2) is 4.79 Å². The number of amides is 1. The number of carboxylic acid groups (broad SMARTS) is 1. The highest BCUT2D eigenvalue weighted by Gasteiger charge is 2.54. The van der Waals surface area contributed by atoms with E-state index in [2.05, 4.69) is 0 Å². The Kier molecular flexibility index (Phi) is 4.78. The van der Waals surface area contributed by atoms with Gasteiger partial charge in [-0.2, -0.15) is 0 Å². The topological polar surface area (TPSA) is 70.0 Å². The average Bonchev–Trinajstić information content (AvgIpc) is 2.40. The van der Waals surface area contributed by atoms with E-state index in [-0.39, 0.29) is 12.7 Å². The molecule has 1 amide bonds. The van der Waals surface area contributed by atoms with Crippen molar-refractivity contribution in [2.24, 2.45) is 0 Å². The Balaban J connectivity index is 1.97. The second kappa shape index (κ2) is 6.26. The van der Waals surface area contributed by atoms with Gasteiger partial charge in [-0.05, 0) is 39.2 Å². The summed E-state index contributed by atoms with van der Waals surface area (Å²) in [6.07, 6.45) is 0.0411. The Bertz CT molecular complexity index is 503. The van der Waals surface area contributed by atoms with Gasteiger partial charge in [-0.3, -0.25) is 4.90 Å². The third kappa shape index (κ3) is 3.42. The summed E-state index contributed by atoms with van der Waals surface area (Å²) in [7, 11) is 0. The fraction of sp³-hybridized carbons (Fsp3) is 0.588. The molecule has 1 aromatic carbocycles. The maximum atomic E-state index is 11.6. The normalized spacial score (nSPS) is 24.6. The van der Waals surface area contributed by atoms with Gasteiger partial charge < -0.3 is 14.9 Å². The fourth-order valence-corrected chi connectivity index (χ4v) is 3.28. The number of carbonyl (C=O) groups is 1. The van der Waals surface area contributed by atoms with Crippen LogP contribution in [0, 0.1) is 0 Å². The molecule has 1 saturated carbocycles. The largest absolute Gasteiger partial charge is 0.465 e. The summed E-state index contributed by atoms with van der Waals surface area (Å²) in [4.78, 5) is 13.0. The summed E-state index contributed by atoms with van der Waals surface area (Å²) in [5.74, 6) is 0. The van der Waals surface area contributed by atoms with Gasteiger partial charge in [-0.15, -0.1) is 0 Å². The first-order valence-corrected chi connectivity index (χ1v) is 7.58.